The van der Waals surface area contributed by atoms with Crippen LogP contribution < -0.4 is 10.6 Å². The van der Waals surface area contributed by atoms with Crippen LogP contribution in [0.25, 0.3) is 0 Å². The van der Waals surface area contributed by atoms with Crippen molar-refractivity contribution in [2.75, 3.05) is 18.5 Å². The van der Waals surface area contributed by atoms with Crippen molar-refractivity contribution in [3.63, 3.8) is 0 Å². The smallest absolute Gasteiger partial charge is 0.319 e. The third kappa shape index (κ3) is 3.49. The molecule has 3 rings (SSSR count). The number of aliphatic hydroxyl groups excluding tert-OH is 1. The molecule has 2 aliphatic heterocycles. The van der Waals surface area contributed by atoms with Gasteiger partial charge in [-0.05, 0) is 23.1 Å². The van der Waals surface area contributed by atoms with Gasteiger partial charge in [0.25, 0.3) is 0 Å². The Kier molecular flexibility index (Phi) is 4.31. The molecule has 6 heteroatoms. The lowest BCUT2D eigenvalue weighted by Gasteiger charge is -2.20. The van der Waals surface area contributed by atoms with Crippen molar-refractivity contribution in [1.82, 2.24) is 5.32 Å². The number of rotatable bonds is 2. The Labute approximate surface area is 136 Å². The number of amides is 2. The van der Waals surface area contributed by atoms with Gasteiger partial charge < -0.3 is 25.2 Å². The predicted molar refractivity (Wildman–Crippen MR) is 86.6 cm³/mol. The van der Waals surface area contributed by atoms with Crippen molar-refractivity contribution in [3.05, 3.63) is 29.8 Å². The molecule has 6 nitrogen and oxygen atoms in total. The molecular formula is C17H24N2O4. The quantitative estimate of drug-likeness (QED) is 0.774. The molecule has 126 valence electrons. The Morgan fingerprint density at radius 3 is 2.43 bits per heavy atom. The summed E-state index contributed by atoms with van der Waals surface area (Å²) < 4.78 is 11.0. The number of nitrogens with one attached hydrogen (secondary N) is 2. The van der Waals surface area contributed by atoms with Gasteiger partial charge in [0.1, 0.15) is 18.3 Å². The molecule has 4 atom stereocenters. The molecule has 3 N–H and O–H groups in total. The molecule has 0 radical (unpaired) electrons. The molecule has 4 unspecified atom stereocenters. The van der Waals surface area contributed by atoms with Gasteiger partial charge in [0.2, 0.25) is 0 Å². The third-order valence-corrected chi connectivity index (χ3v) is 4.35. The molecule has 0 spiro atoms. The van der Waals surface area contributed by atoms with Crippen LogP contribution in [0.3, 0.4) is 0 Å². The van der Waals surface area contributed by atoms with E-state index in [4.69, 9.17) is 9.47 Å². The fourth-order valence-electron chi connectivity index (χ4n) is 2.99. The van der Waals surface area contributed by atoms with Crippen molar-refractivity contribution < 1.29 is 19.4 Å². The number of benzene rings is 1. The number of ether oxygens (including phenoxy) is 2. The van der Waals surface area contributed by atoms with E-state index < -0.39 is 6.10 Å². The molecule has 0 aromatic heterocycles. The summed E-state index contributed by atoms with van der Waals surface area (Å²) in [6.07, 6.45) is -1.23. The second-order valence-electron chi connectivity index (χ2n) is 7.20. The molecule has 0 bridgehead atoms. The number of fused-ring (bicyclic) bond motifs is 1. The Morgan fingerprint density at radius 1 is 1.13 bits per heavy atom. The summed E-state index contributed by atoms with van der Waals surface area (Å²) in [4.78, 5) is 12.1. The highest BCUT2D eigenvalue weighted by Gasteiger charge is 2.47. The number of carbonyl (C=O) groups excluding carboxylic acids is 1. The first-order valence-corrected chi connectivity index (χ1v) is 7.94. The van der Waals surface area contributed by atoms with Gasteiger partial charge in [0.15, 0.2) is 0 Å². The highest BCUT2D eigenvalue weighted by molar-refractivity contribution is 5.89. The van der Waals surface area contributed by atoms with Crippen LogP contribution >= 0.6 is 0 Å². The maximum atomic E-state index is 12.1. The van der Waals surface area contributed by atoms with Crippen LogP contribution in [-0.4, -0.2) is 48.7 Å². The zero-order valence-electron chi connectivity index (χ0n) is 13.7. The van der Waals surface area contributed by atoms with E-state index in [0.29, 0.717) is 6.61 Å². The maximum absolute atomic E-state index is 12.1. The minimum absolute atomic E-state index is 0.0810. The summed E-state index contributed by atoms with van der Waals surface area (Å²) in [6.45, 7) is 7.05. The molecule has 2 fully saturated rings. The molecule has 0 aliphatic carbocycles. The average molecular weight is 320 g/mol. The van der Waals surface area contributed by atoms with E-state index >= 15 is 0 Å². The SMILES string of the molecule is CC(C)(C)c1ccc(NC(=O)NC2COC3C(O)COC23)cc1. The lowest BCUT2D eigenvalue weighted by Crippen LogP contribution is -2.46. The van der Waals surface area contributed by atoms with E-state index in [2.05, 4.69) is 31.4 Å². The normalized spacial score (nSPS) is 30.1. The van der Waals surface area contributed by atoms with E-state index in [1.54, 1.807) is 0 Å². The summed E-state index contributed by atoms with van der Waals surface area (Å²) in [7, 11) is 0. The maximum Gasteiger partial charge on any atom is 0.319 e. The van der Waals surface area contributed by atoms with Gasteiger partial charge >= 0.3 is 6.03 Å². The minimum atomic E-state index is -0.611. The lowest BCUT2D eigenvalue weighted by atomic mass is 9.87. The topological polar surface area (TPSA) is 79.8 Å². The molecule has 2 saturated heterocycles. The van der Waals surface area contributed by atoms with Gasteiger partial charge in [-0.25, -0.2) is 4.79 Å². The number of carbonyl (C=O) groups is 1. The highest BCUT2D eigenvalue weighted by Crippen LogP contribution is 2.27. The van der Waals surface area contributed by atoms with Crippen LogP contribution in [-0.2, 0) is 14.9 Å². The van der Waals surface area contributed by atoms with Gasteiger partial charge in [-0.2, -0.15) is 0 Å². The molecule has 2 amide bonds. The Hall–Kier alpha value is -1.63. The highest BCUT2D eigenvalue weighted by atomic mass is 16.6. The molecule has 2 aliphatic rings. The standard InChI is InChI=1S/C17H24N2O4/c1-17(2,3)10-4-6-11(7-5-10)18-16(21)19-12-8-22-15-13(20)9-23-14(12)15/h4-7,12-15,20H,8-9H2,1-3H3,(H2,18,19,21). The van der Waals surface area contributed by atoms with Crippen molar-refractivity contribution >= 4 is 11.7 Å². The summed E-state index contributed by atoms with van der Waals surface area (Å²) in [6, 6.07) is 7.27. The van der Waals surface area contributed by atoms with Gasteiger partial charge in [-0.1, -0.05) is 32.9 Å². The number of hydrogen-bond donors (Lipinski definition) is 3. The second kappa shape index (κ2) is 6.11. The van der Waals surface area contributed by atoms with Gasteiger partial charge in [-0.15, -0.1) is 0 Å². The Balaban J connectivity index is 1.56. The van der Waals surface area contributed by atoms with E-state index in [-0.39, 0.29) is 36.3 Å². The number of aliphatic hydroxyl groups is 1. The van der Waals surface area contributed by atoms with Crippen molar-refractivity contribution in [2.45, 2.75) is 50.5 Å². The Bertz CT molecular complexity index is 567. The van der Waals surface area contributed by atoms with E-state index in [1.165, 1.54) is 5.56 Å². The van der Waals surface area contributed by atoms with Crippen LogP contribution in [0.2, 0.25) is 0 Å². The Morgan fingerprint density at radius 2 is 1.78 bits per heavy atom. The van der Waals surface area contributed by atoms with E-state index in [9.17, 15) is 9.90 Å². The largest absolute Gasteiger partial charge is 0.388 e. The van der Waals surface area contributed by atoms with Gasteiger partial charge in [-0.3, -0.25) is 0 Å². The van der Waals surface area contributed by atoms with Crippen LogP contribution in [0.5, 0.6) is 0 Å². The number of hydrogen-bond acceptors (Lipinski definition) is 4. The van der Waals surface area contributed by atoms with Gasteiger partial charge in [0, 0.05) is 5.69 Å². The van der Waals surface area contributed by atoms with Crippen LogP contribution in [0, 0.1) is 0 Å². The van der Waals surface area contributed by atoms with E-state index in [0.717, 1.165) is 5.69 Å². The second-order valence-corrected chi connectivity index (χ2v) is 7.20. The first-order valence-electron chi connectivity index (χ1n) is 7.94. The summed E-state index contributed by atoms with van der Waals surface area (Å²) >= 11 is 0. The zero-order valence-corrected chi connectivity index (χ0v) is 13.7. The van der Waals surface area contributed by atoms with E-state index in [1.807, 2.05) is 24.3 Å². The summed E-state index contributed by atoms with van der Waals surface area (Å²) in [5, 5.41) is 15.4. The minimum Gasteiger partial charge on any atom is -0.388 e. The zero-order chi connectivity index (χ0) is 16.6. The molecule has 1 aromatic rings. The van der Waals surface area contributed by atoms with Crippen LogP contribution in [0.15, 0.2) is 24.3 Å². The number of urea groups is 1. The summed E-state index contributed by atoms with van der Waals surface area (Å²) in [5.74, 6) is 0. The van der Waals surface area contributed by atoms with Crippen molar-refractivity contribution in [1.29, 1.82) is 0 Å². The first kappa shape index (κ1) is 16.2. The molecule has 0 saturated carbocycles. The molecule has 23 heavy (non-hydrogen) atoms. The van der Waals surface area contributed by atoms with Crippen molar-refractivity contribution in [2.24, 2.45) is 0 Å². The predicted octanol–water partition coefficient (Wildman–Crippen LogP) is 1.63. The fourth-order valence-corrected chi connectivity index (χ4v) is 2.99. The first-order chi connectivity index (χ1) is 10.8. The fraction of sp³-hybridized carbons (Fsp3) is 0.588. The third-order valence-electron chi connectivity index (χ3n) is 4.35. The molecular weight excluding hydrogens is 296 g/mol. The lowest BCUT2D eigenvalue weighted by molar-refractivity contribution is 0.0180. The molecule has 2 heterocycles. The molecule has 1 aromatic carbocycles. The van der Waals surface area contributed by atoms with Gasteiger partial charge in [0.05, 0.1) is 19.3 Å². The number of anilines is 1. The summed E-state index contributed by atoms with van der Waals surface area (Å²) in [5.41, 5.74) is 2.03. The monoisotopic (exact) mass is 320 g/mol. The van der Waals surface area contributed by atoms with Crippen LogP contribution in [0.1, 0.15) is 26.3 Å². The van der Waals surface area contributed by atoms with Crippen LogP contribution in [0.4, 0.5) is 10.5 Å². The average Bonchev–Trinajstić information content (AvgIpc) is 3.03. The van der Waals surface area contributed by atoms with Crippen molar-refractivity contribution in [3.8, 4) is 0 Å².